The lowest BCUT2D eigenvalue weighted by molar-refractivity contribution is 0.609. The summed E-state index contributed by atoms with van der Waals surface area (Å²) in [5.41, 5.74) is 5.71. The molecule has 6 aromatic carbocycles. The van der Waals surface area contributed by atoms with Crippen molar-refractivity contribution < 1.29 is 4.42 Å². The summed E-state index contributed by atoms with van der Waals surface area (Å²) >= 11 is 1.72. The Hall–Kier alpha value is -5.00. The summed E-state index contributed by atoms with van der Waals surface area (Å²) in [6.07, 6.45) is 0. The maximum absolute atomic E-state index is 6.36. The summed E-state index contributed by atoms with van der Waals surface area (Å²) in [5.74, 6) is 0. The predicted octanol–water partition coefficient (Wildman–Crippen LogP) is 9.88. The Morgan fingerprint density at radius 1 is 0.590 bits per heavy atom. The van der Waals surface area contributed by atoms with Gasteiger partial charge in [0.05, 0.1) is 21.6 Å². The maximum atomic E-state index is 6.36. The van der Waals surface area contributed by atoms with E-state index in [0.29, 0.717) is 6.01 Å². The number of thiazole rings is 1. The summed E-state index contributed by atoms with van der Waals surface area (Å²) in [6.45, 7) is 0. The van der Waals surface area contributed by atoms with Crippen molar-refractivity contribution in [3.63, 3.8) is 0 Å². The van der Waals surface area contributed by atoms with Crippen LogP contribution in [0.3, 0.4) is 0 Å². The zero-order chi connectivity index (χ0) is 25.8. The van der Waals surface area contributed by atoms with E-state index in [9.17, 15) is 0 Å². The molecule has 8 rings (SSSR count). The van der Waals surface area contributed by atoms with Gasteiger partial charge in [-0.05, 0) is 64.7 Å². The fourth-order valence-electron chi connectivity index (χ4n) is 5.28. The van der Waals surface area contributed by atoms with Gasteiger partial charge in [0.1, 0.15) is 10.5 Å². The lowest BCUT2D eigenvalue weighted by atomic mass is 10.0. The third-order valence-electron chi connectivity index (χ3n) is 7.13. The molecule has 0 saturated heterocycles. The molecule has 0 aliphatic carbocycles. The van der Waals surface area contributed by atoms with Crippen molar-refractivity contribution in [2.75, 3.05) is 4.90 Å². The van der Waals surface area contributed by atoms with Crippen LogP contribution in [0.1, 0.15) is 0 Å². The van der Waals surface area contributed by atoms with Crippen LogP contribution in [0.5, 0.6) is 0 Å². The highest BCUT2D eigenvalue weighted by Crippen LogP contribution is 2.43. The van der Waals surface area contributed by atoms with Crippen molar-refractivity contribution in [2.24, 2.45) is 0 Å². The molecule has 0 N–H and O–H groups in total. The third kappa shape index (κ3) is 3.67. The molecule has 0 radical (unpaired) electrons. The van der Waals surface area contributed by atoms with Gasteiger partial charge in [0.2, 0.25) is 0 Å². The van der Waals surface area contributed by atoms with Crippen molar-refractivity contribution >= 4 is 71.6 Å². The molecule has 0 bridgehead atoms. The van der Waals surface area contributed by atoms with Crippen LogP contribution in [0.15, 0.2) is 132 Å². The standard InChI is InChI=1S/C34H21N3OS/c1-2-10-23-21-24(18-17-22(23)9-1)37(34-36-28-13-5-7-15-31(28)38-34)30-20-19-27(25-11-3-4-12-26(25)30)33-35-29-14-6-8-16-32(29)39-33/h1-21H. The van der Waals surface area contributed by atoms with Gasteiger partial charge < -0.3 is 4.42 Å². The molecule has 4 nitrogen and oxygen atoms in total. The van der Waals surface area contributed by atoms with E-state index in [1.54, 1.807) is 11.3 Å². The van der Waals surface area contributed by atoms with Gasteiger partial charge in [-0.15, -0.1) is 11.3 Å². The molecule has 0 atom stereocenters. The van der Waals surface area contributed by atoms with Crippen molar-refractivity contribution in [1.29, 1.82) is 0 Å². The zero-order valence-electron chi connectivity index (χ0n) is 20.8. The Labute approximate surface area is 228 Å². The van der Waals surface area contributed by atoms with Gasteiger partial charge in [0.25, 0.3) is 0 Å². The van der Waals surface area contributed by atoms with Gasteiger partial charge in [-0.2, -0.15) is 4.98 Å². The van der Waals surface area contributed by atoms with Crippen LogP contribution in [-0.4, -0.2) is 9.97 Å². The van der Waals surface area contributed by atoms with Gasteiger partial charge in [-0.25, -0.2) is 4.98 Å². The number of aromatic nitrogens is 2. The van der Waals surface area contributed by atoms with Crippen molar-refractivity contribution in [2.45, 2.75) is 0 Å². The smallest absolute Gasteiger partial charge is 0.307 e. The topological polar surface area (TPSA) is 42.2 Å². The number of rotatable bonds is 4. The molecule has 0 unspecified atom stereocenters. The molecular formula is C34H21N3OS. The number of fused-ring (bicyclic) bond motifs is 4. The second-order valence-electron chi connectivity index (χ2n) is 9.50. The molecule has 2 aromatic heterocycles. The molecule has 2 heterocycles. The fraction of sp³-hybridized carbons (Fsp3) is 0. The summed E-state index contributed by atoms with van der Waals surface area (Å²) in [7, 11) is 0. The van der Waals surface area contributed by atoms with Gasteiger partial charge in [0, 0.05) is 10.9 Å². The first-order valence-corrected chi connectivity index (χ1v) is 13.7. The number of benzene rings is 6. The first-order valence-electron chi connectivity index (χ1n) is 12.8. The zero-order valence-corrected chi connectivity index (χ0v) is 21.6. The first-order chi connectivity index (χ1) is 19.3. The first kappa shape index (κ1) is 22.0. The molecule has 0 saturated carbocycles. The van der Waals surface area contributed by atoms with E-state index >= 15 is 0 Å². The Kier molecular flexibility index (Phi) is 4.96. The molecule has 5 heteroatoms. The second kappa shape index (κ2) is 8.79. The average molecular weight is 520 g/mol. The van der Waals surface area contributed by atoms with Crippen molar-refractivity contribution in [1.82, 2.24) is 9.97 Å². The number of nitrogens with zero attached hydrogens (tertiary/aromatic N) is 3. The monoisotopic (exact) mass is 519 g/mol. The van der Waals surface area contributed by atoms with E-state index in [1.165, 1.54) is 10.1 Å². The minimum absolute atomic E-state index is 0.532. The van der Waals surface area contributed by atoms with Gasteiger partial charge in [-0.1, -0.05) is 78.9 Å². The van der Waals surface area contributed by atoms with Crippen LogP contribution in [0.2, 0.25) is 0 Å². The number of hydrogen-bond donors (Lipinski definition) is 0. The Morgan fingerprint density at radius 2 is 1.33 bits per heavy atom. The Balaban J connectivity index is 1.38. The Morgan fingerprint density at radius 3 is 2.21 bits per heavy atom. The maximum Gasteiger partial charge on any atom is 0.307 e. The van der Waals surface area contributed by atoms with Crippen LogP contribution in [0.25, 0.3) is 53.4 Å². The quantitative estimate of drug-likeness (QED) is 0.232. The van der Waals surface area contributed by atoms with E-state index in [-0.39, 0.29) is 0 Å². The number of oxazole rings is 1. The summed E-state index contributed by atoms with van der Waals surface area (Å²) < 4.78 is 7.54. The lowest BCUT2D eigenvalue weighted by Gasteiger charge is -2.24. The predicted molar refractivity (Wildman–Crippen MR) is 162 cm³/mol. The van der Waals surface area contributed by atoms with Crippen LogP contribution in [0, 0.1) is 0 Å². The molecule has 0 aliphatic rings. The molecule has 8 aromatic rings. The molecule has 0 amide bonds. The van der Waals surface area contributed by atoms with Gasteiger partial charge in [0.15, 0.2) is 5.58 Å². The normalized spacial score (nSPS) is 11.6. The van der Waals surface area contributed by atoms with E-state index in [1.807, 2.05) is 30.3 Å². The molecule has 0 fully saturated rings. The molecule has 0 aliphatic heterocycles. The van der Waals surface area contributed by atoms with Gasteiger partial charge >= 0.3 is 6.01 Å². The number of anilines is 3. The van der Waals surface area contributed by atoms with Crippen molar-refractivity contribution in [3.8, 4) is 10.6 Å². The Bertz CT molecular complexity index is 2090. The highest BCUT2D eigenvalue weighted by atomic mass is 32.1. The van der Waals surface area contributed by atoms with E-state index in [2.05, 4.69) is 102 Å². The second-order valence-corrected chi connectivity index (χ2v) is 10.5. The number of hydrogen-bond acceptors (Lipinski definition) is 5. The summed E-state index contributed by atoms with van der Waals surface area (Å²) in [6, 6.07) is 44.4. The highest BCUT2D eigenvalue weighted by Gasteiger charge is 2.22. The average Bonchev–Trinajstić information content (AvgIpc) is 3.62. The fourth-order valence-corrected chi connectivity index (χ4v) is 6.28. The van der Waals surface area contributed by atoms with Crippen LogP contribution in [-0.2, 0) is 0 Å². The SMILES string of the molecule is c1ccc2cc(N(c3nc4ccccc4o3)c3ccc(-c4nc5ccccc5s4)c4ccccc34)ccc2c1. The van der Waals surface area contributed by atoms with E-state index in [4.69, 9.17) is 14.4 Å². The molecule has 39 heavy (non-hydrogen) atoms. The van der Waals surface area contributed by atoms with Crippen LogP contribution in [0.4, 0.5) is 17.4 Å². The molecule has 0 spiro atoms. The highest BCUT2D eigenvalue weighted by molar-refractivity contribution is 7.21. The summed E-state index contributed by atoms with van der Waals surface area (Å²) in [5, 5.41) is 5.60. The van der Waals surface area contributed by atoms with Crippen LogP contribution >= 0.6 is 11.3 Å². The lowest BCUT2D eigenvalue weighted by Crippen LogP contribution is -2.11. The molecule has 184 valence electrons. The largest absolute Gasteiger partial charge is 0.423 e. The minimum Gasteiger partial charge on any atom is -0.423 e. The third-order valence-corrected chi connectivity index (χ3v) is 8.20. The van der Waals surface area contributed by atoms with Crippen molar-refractivity contribution in [3.05, 3.63) is 127 Å². The molecular weight excluding hydrogens is 498 g/mol. The van der Waals surface area contributed by atoms with Gasteiger partial charge in [-0.3, -0.25) is 4.90 Å². The van der Waals surface area contributed by atoms with E-state index in [0.717, 1.165) is 54.7 Å². The summed E-state index contributed by atoms with van der Waals surface area (Å²) in [4.78, 5) is 12.0. The minimum atomic E-state index is 0.532. The van der Waals surface area contributed by atoms with E-state index < -0.39 is 0 Å². The number of para-hydroxylation sites is 3. The van der Waals surface area contributed by atoms with Crippen LogP contribution < -0.4 is 4.90 Å².